The number of nitrogens with one attached hydrogen (secondary N) is 1. The number of rotatable bonds is 5. The van der Waals surface area contributed by atoms with E-state index in [4.69, 9.17) is 4.74 Å². The first-order valence-corrected chi connectivity index (χ1v) is 8.42. The summed E-state index contributed by atoms with van der Waals surface area (Å²) in [7, 11) is 0. The van der Waals surface area contributed by atoms with Crippen LogP contribution in [0.5, 0.6) is 5.88 Å². The van der Waals surface area contributed by atoms with Gasteiger partial charge in [0.15, 0.2) is 0 Å². The minimum Gasteiger partial charge on any atom is -0.475 e. The van der Waals surface area contributed by atoms with Crippen LogP contribution in [0.4, 0.5) is 0 Å². The third-order valence-corrected chi connectivity index (χ3v) is 4.45. The van der Waals surface area contributed by atoms with Crippen LogP contribution in [0.2, 0.25) is 0 Å². The molecule has 0 fully saturated rings. The number of ether oxygens (including phenoxy) is 1. The molecule has 4 rings (SSSR count). The monoisotopic (exact) mass is 339 g/mol. The summed E-state index contributed by atoms with van der Waals surface area (Å²) >= 11 is 0. The quantitative estimate of drug-likeness (QED) is 0.759. The highest BCUT2D eigenvalue weighted by Crippen LogP contribution is 2.20. The van der Waals surface area contributed by atoms with Crippen LogP contribution in [0.25, 0.3) is 0 Å². The number of hydrogen-bond donors (Lipinski definition) is 1. The summed E-state index contributed by atoms with van der Waals surface area (Å²) in [6.07, 6.45) is 7.75. The van der Waals surface area contributed by atoms with E-state index in [0.717, 1.165) is 37.4 Å². The van der Waals surface area contributed by atoms with Crippen molar-refractivity contribution in [2.75, 3.05) is 6.61 Å². The van der Waals surface area contributed by atoms with Crippen LogP contribution in [0.3, 0.4) is 0 Å². The predicted molar refractivity (Wildman–Crippen MR) is 90.7 cm³/mol. The Hall–Kier alpha value is -2.74. The lowest BCUT2D eigenvalue weighted by molar-refractivity contribution is 0.114. The molecule has 0 amide bonds. The Morgan fingerprint density at radius 1 is 1.32 bits per heavy atom. The minimum atomic E-state index is 0.251. The molecule has 0 aliphatic carbocycles. The second-order valence-electron chi connectivity index (χ2n) is 6.29. The van der Waals surface area contributed by atoms with E-state index in [1.54, 1.807) is 18.6 Å². The van der Waals surface area contributed by atoms with Crippen molar-refractivity contribution >= 4 is 0 Å². The maximum Gasteiger partial charge on any atom is 0.232 e. The van der Waals surface area contributed by atoms with Gasteiger partial charge in [-0.05, 0) is 25.5 Å². The van der Waals surface area contributed by atoms with E-state index >= 15 is 0 Å². The Morgan fingerprint density at radius 3 is 3.08 bits per heavy atom. The molecule has 0 bridgehead atoms. The van der Waals surface area contributed by atoms with Crippen LogP contribution in [0.1, 0.15) is 23.5 Å². The van der Waals surface area contributed by atoms with E-state index in [2.05, 4.69) is 47.0 Å². The Morgan fingerprint density at radius 2 is 2.28 bits per heavy atom. The van der Waals surface area contributed by atoms with Crippen molar-refractivity contribution in [3.63, 3.8) is 0 Å². The van der Waals surface area contributed by atoms with Crippen LogP contribution in [0.15, 0.2) is 36.9 Å². The molecule has 3 aromatic heterocycles. The molecule has 25 heavy (non-hydrogen) atoms. The third kappa shape index (κ3) is 3.69. The Balaban J connectivity index is 1.50. The van der Waals surface area contributed by atoms with Crippen molar-refractivity contribution < 1.29 is 4.74 Å². The lowest BCUT2D eigenvalue weighted by Gasteiger charge is -2.28. The highest BCUT2D eigenvalue weighted by Gasteiger charge is 2.25. The molecule has 0 saturated heterocycles. The molecule has 0 saturated carbocycles. The molecule has 0 spiro atoms. The van der Waals surface area contributed by atoms with Crippen molar-refractivity contribution in [1.29, 1.82) is 0 Å². The summed E-state index contributed by atoms with van der Waals surface area (Å²) < 4.78 is 7.95. The van der Waals surface area contributed by atoms with Gasteiger partial charge in [0.05, 0.1) is 17.6 Å². The zero-order chi connectivity index (χ0) is 17.1. The molecule has 3 aromatic rings. The average Bonchev–Trinajstić information content (AvgIpc) is 3.21. The minimum absolute atomic E-state index is 0.251. The number of hydrogen-bond acceptors (Lipinski definition) is 6. The number of aromatic nitrogens is 6. The number of nitrogens with zero attached hydrogens (tertiary/aromatic N) is 6. The summed E-state index contributed by atoms with van der Waals surface area (Å²) in [4.78, 5) is 10.6. The van der Waals surface area contributed by atoms with Crippen LogP contribution < -0.4 is 4.74 Å². The molecule has 0 aromatic carbocycles. The third-order valence-electron chi connectivity index (χ3n) is 4.45. The molecule has 8 heteroatoms. The lowest BCUT2D eigenvalue weighted by atomic mass is 10.1. The Kier molecular flexibility index (Phi) is 4.43. The molecule has 0 radical (unpaired) electrons. The first-order valence-electron chi connectivity index (χ1n) is 8.42. The standard InChI is InChI=1S/C17H21N7O/c1-13-8-14(22-21-13)10-23-11-15-2-4-20-24(15)7-3-16(23)12-25-17-9-18-5-6-19-17/h2,4-6,8-9,16H,3,7,10-12H2,1H3,(H,21,22)/t16-/m0/s1. The van der Waals surface area contributed by atoms with Gasteiger partial charge in [-0.25, -0.2) is 4.98 Å². The molecule has 1 atom stereocenters. The fourth-order valence-electron chi connectivity index (χ4n) is 3.17. The van der Waals surface area contributed by atoms with Crippen LogP contribution >= 0.6 is 0 Å². The van der Waals surface area contributed by atoms with Gasteiger partial charge < -0.3 is 4.74 Å². The van der Waals surface area contributed by atoms with E-state index in [-0.39, 0.29) is 6.04 Å². The molecular weight excluding hydrogens is 318 g/mol. The number of fused-ring (bicyclic) bond motifs is 1. The Bertz CT molecular complexity index is 813. The predicted octanol–water partition coefficient (Wildman–Crippen LogP) is 1.56. The average molecular weight is 339 g/mol. The molecule has 1 N–H and O–H groups in total. The van der Waals surface area contributed by atoms with E-state index in [0.29, 0.717) is 12.5 Å². The van der Waals surface area contributed by atoms with E-state index in [9.17, 15) is 0 Å². The first-order chi connectivity index (χ1) is 12.3. The zero-order valence-corrected chi connectivity index (χ0v) is 14.2. The van der Waals surface area contributed by atoms with E-state index < -0.39 is 0 Å². The molecule has 0 unspecified atom stereocenters. The SMILES string of the molecule is Cc1cc(CN2Cc3ccnn3CC[C@H]2COc2cnccn2)n[nH]1. The summed E-state index contributed by atoms with van der Waals surface area (Å²) in [6.45, 7) is 5.05. The van der Waals surface area contributed by atoms with E-state index in [1.807, 2.05) is 13.1 Å². The highest BCUT2D eigenvalue weighted by molar-refractivity contribution is 5.09. The second kappa shape index (κ2) is 7.02. The fourth-order valence-corrected chi connectivity index (χ4v) is 3.17. The maximum atomic E-state index is 5.88. The van der Waals surface area contributed by atoms with Gasteiger partial charge in [0.2, 0.25) is 5.88 Å². The molecule has 1 aliphatic rings. The van der Waals surface area contributed by atoms with Gasteiger partial charge in [-0.1, -0.05) is 0 Å². The first kappa shape index (κ1) is 15.8. The van der Waals surface area contributed by atoms with Crippen LogP contribution in [-0.4, -0.2) is 47.5 Å². The zero-order valence-electron chi connectivity index (χ0n) is 14.2. The van der Waals surface area contributed by atoms with Gasteiger partial charge >= 0.3 is 0 Å². The normalized spacial score (nSPS) is 17.9. The highest BCUT2D eigenvalue weighted by atomic mass is 16.5. The molecule has 4 heterocycles. The van der Waals surface area contributed by atoms with Crippen molar-refractivity contribution in [3.05, 3.63) is 54.0 Å². The van der Waals surface area contributed by atoms with Gasteiger partial charge in [-0.2, -0.15) is 10.2 Å². The van der Waals surface area contributed by atoms with Crippen molar-refractivity contribution in [2.24, 2.45) is 0 Å². The Labute approximate surface area is 145 Å². The largest absolute Gasteiger partial charge is 0.475 e. The number of aryl methyl sites for hydroxylation is 2. The molecule has 130 valence electrons. The van der Waals surface area contributed by atoms with Crippen LogP contribution in [0, 0.1) is 6.92 Å². The fraction of sp³-hybridized carbons (Fsp3) is 0.412. The summed E-state index contributed by atoms with van der Waals surface area (Å²) in [5.74, 6) is 0.556. The van der Waals surface area contributed by atoms with E-state index in [1.165, 1.54) is 5.69 Å². The molecular formula is C17H21N7O. The smallest absolute Gasteiger partial charge is 0.232 e. The van der Waals surface area contributed by atoms with Gasteiger partial charge in [0.1, 0.15) is 6.61 Å². The number of aromatic amines is 1. The van der Waals surface area contributed by atoms with Crippen molar-refractivity contribution in [1.82, 2.24) is 34.8 Å². The topological polar surface area (TPSA) is 84.8 Å². The van der Waals surface area contributed by atoms with Gasteiger partial charge in [0.25, 0.3) is 0 Å². The summed E-state index contributed by atoms with van der Waals surface area (Å²) in [5, 5.41) is 11.8. The summed E-state index contributed by atoms with van der Waals surface area (Å²) in [6, 6.07) is 4.41. The van der Waals surface area contributed by atoms with Gasteiger partial charge in [-0.15, -0.1) is 0 Å². The van der Waals surface area contributed by atoms with Crippen LogP contribution in [-0.2, 0) is 19.6 Å². The lowest BCUT2D eigenvalue weighted by Crippen LogP contribution is -2.38. The maximum absolute atomic E-state index is 5.88. The van der Waals surface area contributed by atoms with Crippen molar-refractivity contribution in [2.45, 2.75) is 39.0 Å². The van der Waals surface area contributed by atoms with Crippen molar-refractivity contribution in [3.8, 4) is 5.88 Å². The van der Waals surface area contributed by atoms with Gasteiger partial charge in [0, 0.05) is 50.0 Å². The summed E-state index contributed by atoms with van der Waals surface area (Å²) in [5.41, 5.74) is 3.33. The number of H-pyrrole nitrogens is 1. The second-order valence-corrected chi connectivity index (χ2v) is 6.29. The van der Waals surface area contributed by atoms with Gasteiger partial charge in [-0.3, -0.25) is 19.7 Å². The molecule has 1 aliphatic heterocycles. The molecule has 8 nitrogen and oxygen atoms in total.